The van der Waals surface area contributed by atoms with E-state index in [0.717, 1.165) is 6.42 Å². The molecule has 48 heavy (non-hydrogen) atoms. The van der Waals surface area contributed by atoms with Gasteiger partial charge >= 0.3 is 138 Å². The van der Waals surface area contributed by atoms with E-state index in [1.54, 1.807) is 0 Å². The maximum absolute atomic E-state index is 2.99. The van der Waals surface area contributed by atoms with Crippen LogP contribution in [0.1, 0.15) is 121 Å². The first kappa shape index (κ1) is 41.7. The van der Waals surface area contributed by atoms with E-state index >= 15 is 0 Å². The zero-order valence-corrected chi connectivity index (χ0v) is 34.7. The van der Waals surface area contributed by atoms with Crippen molar-refractivity contribution >= 4 is 49.6 Å². The summed E-state index contributed by atoms with van der Waals surface area (Å²) in [6.07, 6.45) is 10.0. The molecule has 0 heterocycles. The second-order valence-corrected chi connectivity index (χ2v) is 16.4. The molecular formula is C45H54Cl2Zr. The standard InChI is InChI=1S/C21H25.C19H22.C5H5.2ClH.Zr/c1-20(2,3)16-7-9-18-14(12-16)11-15-13-17(21(4,5)6)8-10-19(15)18;1-14(2)18-9-5-16(6-10-18)13-17-7-11-19(12-8-17)15(3)4;1-2-4-5-3-1;;;/h7-13H,1-6H3;5-12,14-15H,1-4H3;1-3H,4H2;2*1H;/q-1;;-1;;;+2. The second kappa shape index (κ2) is 18.0. The fourth-order valence-electron chi connectivity index (χ4n) is 5.53. The average Bonchev–Trinajstić information content (AvgIpc) is 3.72. The molecule has 0 N–H and O–H groups in total. The largest absolute Gasteiger partial charge is 0.273 e. The van der Waals surface area contributed by atoms with E-state index in [4.69, 9.17) is 0 Å². The minimum Gasteiger partial charge on any atom is -0.273 e. The van der Waals surface area contributed by atoms with Crippen molar-refractivity contribution in [2.24, 2.45) is 0 Å². The van der Waals surface area contributed by atoms with Crippen LogP contribution in [-0.2, 0) is 35.1 Å². The maximum Gasteiger partial charge on any atom is -0.109 e. The van der Waals surface area contributed by atoms with Gasteiger partial charge in [-0.3, -0.25) is 6.08 Å². The Balaban J connectivity index is 0.000000281. The fraction of sp³-hybridized carbons (Fsp3) is 0.333. The molecule has 6 rings (SSSR count). The molecule has 0 unspecified atom stereocenters. The van der Waals surface area contributed by atoms with Crippen LogP contribution in [0.3, 0.4) is 0 Å². The van der Waals surface area contributed by atoms with Gasteiger partial charge in [-0.1, -0.05) is 76.9 Å². The molecule has 0 radical (unpaired) electrons. The molecule has 0 saturated carbocycles. The summed E-state index contributed by atoms with van der Waals surface area (Å²) in [6.45, 7) is 22.6. The summed E-state index contributed by atoms with van der Waals surface area (Å²) in [5, 5.41) is 5.48. The fourth-order valence-corrected chi connectivity index (χ4v) is 6.35. The van der Waals surface area contributed by atoms with Crippen molar-refractivity contribution in [2.75, 3.05) is 0 Å². The Bertz CT molecular complexity index is 1690. The van der Waals surface area contributed by atoms with Crippen molar-refractivity contribution in [3.05, 3.63) is 149 Å². The summed E-state index contributed by atoms with van der Waals surface area (Å²) in [5.74, 6) is 1.20. The quantitative estimate of drug-likeness (QED) is 0.160. The van der Waals surface area contributed by atoms with Gasteiger partial charge in [-0.25, -0.2) is 12.2 Å². The normalized spacial score (nSPS) is 12.3. The van der Waals surface area contributed by atoms with Crippen LogP contribution in [0.25, 0.3) is 21.5 Å². The Labute approximate surface area is 318 Å². The molecule has 0 aliphatic heterocycles. The van der Waals surface area contributed by atoms with Crippen molar-refractivity contribution < 1.29 is 24.2 Å². The Hall–Kier alpha value is -2.44. The van der Waals surface area contributed by atoms with Crippen LogP contribution in [0.15, 0.2) is 109 Å². The molecule has 0 spiro atoms. The molecule has 5 aromatic carbocycles. The van der Waals surface area contributed by atoms with Crippen molar-refractivity contribution in [2.45, 2.75) is 98.3 Å². The molecule has 0 amide bonds. The zero-order valence-electron chi connectivity index (χ0n) is 30.6. The predicted octanol–water partition coefficient (Wildman–Crippen LogP) is 13.5. The van der Waals surface area contributed by atoms with Gasteiger partial charge < -0.3 is 0 Å². The van der Waals surface area contributed by atoms with Gasteiger partial charge in [0.25, 0.3) is 0 Å². The molecular weight excluding hydrogens is 703 g/mol. The number of halogens is 2. The predicted molar refractivity (Wildman–Crippen MR) is 215 cm³/mol. The first-order valence-corrected chi connectivity index (χ1v) is 18.0. The molecule has 0 atom stereocenters. The van der Waals surface area contributed by atoms with Gasteiger partial charge in [0.2, 0.25) is 0 Å². The third kappa shape index (κ3) is 11.0. The molecule has 1 aliphatic rings. The third-order valence-corrected chi connectivity index (χ3v) is 10.2. The Kier molecular flexibility index (Phi) is 15.6. The summed E-state index contributed by atoms with van der Waals surface area (Å²) in [6, 6.07) is 34.2. The molecule has 0 saturated heterocycles. The minimum absolute atomic E-state index is 0. The smallest absolute Gasteiger partial charge is 0.109 e. The molecule has 0 bridgehead atoms. The van der Waals surface area contributed by atoms with E-state index in [9.17, 15) is 0 Å². The van der Waals surface area contributed by atoms with Crippen molar-refractivity contribution in [3.63, 3.8) is 0 Å². The Morgan fingerprint density at radius 2 is 1.02 bits per heavy atom. The van der Waals surface area contributed by atoms with Gasteiger partial charge in [-0.05, 0) is 10.8 Å². The van der Waals surface area contributed by atoms with E-state index in [1.165, 1.54) is 82.4 Å². The summed E-state index contributed by atoms with van der Waals surface area (Å²) < 4.78 is 1.43. The van der Waals surface area contributed by atoms with Gasteiger partial charge in [0, 0.05) is 0 Å². The summed E-state index contributed by atoms with van der Waals surface area (Å²) in [4.78, 5) is 0. The summed E-state index contributed by atoms with van der Waals surface area (Å²) in [7, 11) is 0. The summed E-state index contributed by atoms with van der Waals surface area (Å²) >= 11 is 1.47. The Morgan fingerprint density at radius 3 is 1.29 bits per heavy atom. The topological polar surface area (TPSA) is 0 Å². The van der Waals surface area contributed by atoms with E-state index in [-0.39, 0.29) is 35.6 Å². The number of allylic oxidation sites excluding steroid dienone is 4. The van der Waals surface area contributed by atoms with Crippen LogP contribution in [-0.4, -0.2) is 3.21 Å². The first-order valence-electron chi connectivity index (χ1n) is 16.8. The Morgan fingerprint density at radius 1 is 0.625 bits per heavy atom. The number of hydrogen-bond acceptors (Lipinski definition) is 0. The van der Waals surface area contributed by atoms with Gasteiger partial charge in [0.05, 0.1) is 0 Å². The second-order valence-electron chi connectivity index (χ2n) is 15.2. The molecule has 3 heteroatoms. The minimum atomic E-state index is 0. The number of benzene rings is 4. The van der Waals surface area contributed by atoms with Crippen LogP contribution in [0.2, 0.25) is 0 Å². The van der Waals surface area contributed by atoms with Crippen LogP contribution in [0, 0.1) is 6.08 Å². The van der Waals surface area contributed by atoms with Crippen molar-refractivity contribution in [3.8, 4) is 0 Å². The first-order chi connectivity index (χ1) is 21.6. The van der Waals surface area contributed by atoms with Gasteiger partial charge in [-0.2, -0.15) is 6.08 Å². The van der Waals surface area contributed by atoms with Gasteiger partial charge in [0.15, 0.2) is 0 Å². The van der Waals surface area contributed by atoms with E-state index in [0.29, 0.717) is 11.8 Å². The zero-order chi connectivity index (χ0) is 33.6. The molecule has 0 aromatic heterocycles. The van der Waals surface area contributed by atoms with Crippen LogP contribution in [0.5, 0.6) is 0 Å². The molecule has 0 nitrogen and oxygen atoms in total. The SMILES string of the molecule is CC(C)(C)c1ccc2c(c1)[cH-]c1cc(C(C)(C)C)ccc12.CC(C)c1ccc([C](=[Zr+2])c2ccc(C(C)C)cc2)cc1.Cl.Cl.[C-]1=CC=CC1. The van der Waals surface area contributed by atoms with E-state index in [1.807, 2.05) is 12.2 Å². The number of hydrogen-bond donors (Lipinski definition) is 0. The molecule has 5 aromatic rings. The number of rotatable bonds is 4. The molecule has 0 fully saturated rings. The van der Waals surface area contributed by atoms with Gasteiger partial charge in [0.1, 0.15) is 0 Å². The molecule has 1 aliphatic carbocycles. The van der Waals surface area contributed by atoms with E-state index in [2.05, 4.69) is 172 Å². The third-order valence-electron chi connectivity index (χ3n) is 8.75. The molecule has 252 valence electrons. The monoisotopic (exact) mass is 754 g/mol. The van der Waals surface area contributed by atoms with Crippen molar-refractivity contribution in [1.82, 2.24) is 0 Å². The van der Waals surface area contributed by atoms with E-state index < -0.39 is 0 Å². The van der Waals surface area contributed by atoms with Crippen LogP contribution < -0.4 is 0 Å². The van der Waals surface area contributed by atoms with Crippen LogP contribution >= 0.6 is 24.8 Å². The average molecular weight is 757 g/mol. The van der Waals surface area contributed by atoms with Crippen LogP contribution in [0.4, 0.5) is 0 Å². The summed E-state index contributed by atoms with van der Waals surface area (Å²) in [5.41, 5.74) is 8.74. The maximum atomic E-state index is 2.99. The van der Waals surface area contributed by atoms with Crippen molar-refractivity contribution in [1.29, 1.82) is 0 Å². The number of fused-ring (bicyclic) bond motifs is 3. The van der Waals surface area contributed by atoms with Gasteiger partial charge in [-0.15, -0.1) is 71.0 Å².